The highest BCUT2D eigenvalue weighted by Gasteiger charge is 2.13. The van der Waals surface area contributed by atoms with Crippen molar-refractivity contribution in [1.29, 1.82) is 0 Å². The minimum absolute atomic E-state index is 0.223. The van der Waals surface area contributed by atoms with Crippen LogP contribution in [-0.2, 0) is 0 Å². The number of carbonyl (C=O) groups is 1. The molecule has 0 fully saturated rings. The molecule has 0 aliphatic carbocycles. The minimum Gasteiger partial charge on any atom is -0.308 e. The van der Waals surface area contributed by atoms with Crippen LogP contribution in [0.4, 0.5) is 5.13 Å². The van der Waals surface area contributed by atoms with Crippen LogP contribution >= 0.6 is 23.6 Å². The Morgan fingerprint density at radius 3 is 2.46 bits per heavy atom. The highest BCUT2D eigenvalue weighted by Crippen LogP contribution is 2.30. The molecule has 0 unspecified atom stereocenters. The van der Waals surface area contributed by atoms with Crippen molar-refractivity contribution in [3.63, 3.8) is 0 Å². The van der Waals surface area contributed by atoms with E-state index in [9.17, 15) is 4.79 Å². The van der Waals surface area contributed by atoms with E-state index in [1.807, 2.05) is 32.0 Å². The van der Waals surface area contributed by atoms with Gasteiger partial charge in [0, 0.05) is 5.56 Å². The Kier molecular flexibility index (Phi) is 4.59. The third kappa shape index (κ3) is 3.29. The molecule has 0 saturated heterocycles. The first-order valence-electron chi connectivity index (χ1n) is 7.50. The summed E-state index contributed by atoms with van der Waals surface area (Å²) in [4.78, 5) is 16.9. The zero-order valence-electron chi connectivity index (χ0n) is 13.6. The standard InChI is InChI=1S/C18H17N3OS2/c1-10-6-4-5-7-13(10)16(22)20-17(23)21-18-19-14-11(2)8-9-12(3)15(14)24-18/h4-9H,1-3H3,(H2,19,20,21,22,23). The Labute approximate surface area is 149 Å². The number of aromatic nitrogens is 1. The second-order valence-electron chi connectivity index (χ2n) is 5.62. The minimum atomic E-state index is -0.223. The normalized spacial score (nSPS) is 10.6. The SMILES string of the molecule is Cc1ccccc1C(=O)NC(=S)Nc1nc2c(C)ccc(C)c2s1. The summed E-state index contributed by atoms with van der Waals surface area (Å²) in [6.07, 6.45) is 0. The molecular weight excluding hydrogens is 338 g/mol. The molecular formula is C18H17N3OS2. The van der Waals surface area contributed by atoms with E-state index in [1.54, 1.807) is 6.07 Å². The second kappa shape index (κ2) is 6.67. The number of nitrogens with zero attached hydrogens (tertiary/aromatic N) is 1. The molecule has 0 aliphatic heterocycles. The average Bonchev–Trinajstić information content (AvgIpc) is 2.96. The van der Waals surface area contributed by atoms with Crippen LogP contribution in [-0.4, -0.2) is 16.0 Å². The van der Waals surface area contributed by atoms with Crippen molar-refractivity contribution in [3.05, 3.63) is 58.7 Å². The van der Waals surface area contributed by atoms with Gasteiger partial charge in [-0.2, -0.15) is 0 Å². The van der Waals surface area contributed by atoms with Gasteiger partial charge in [0.2, 0.25) is 0 Å². The summed E-state index contributed by atoms with van der Waals surface area (Å²) in [6.45, 7) is 5.98. The number of benzene rings is 2. The third-order valence-corrected chi connectivity index (χ3v) is 5.09. The first kappa shape index (κ1) is 16.5. The predicted octanol–water partition coefficient (Wildman–Crippen LogP) is 4.35. The Bertz CT molecular complexity index is 908. The topological polar surface area (TPSA) is 54.0 Å². The van der Waals surface area contributed by atoms with Crippen molar-refractivity contribution in [2.24, 2.45) is 0 Å². The summed E-state index contributed by atoms with van der Waals surface area (Å²) in [5.74, 6) is -0.223. The van der Waals surface area contributed by atoms with E-state index in [-0.39, 0.29) is 11.0 Å². The average molecular weight is 355 g/mol. The Hall–Kier alpha value is -2.31. The van der Waals surface area contributed by atoms with Crippen molar-refractivity contribution in [2.75, 3.05) is 5.32 Å². The Balaban J connectivity index is 1.76. The van der Waals surface area contributed by atoms with E-state index in [0.29, 0.717) is 10.7 Å². The smallest absolute Gasteiger partial charge is 0.257 e. The van der Waals surface area contributed by atoms with Crippen molar-refractivity contribution >= 4 is 49.9 Å². The molecule has 0 atom stereocenters. The molecule has 3 aromatic rings. The van der Waals surface area contributed by atoms with Crippen LogP contribution in [0, 0.1) is 20.8 Å². The largest absolute Gasteiger partial charge is 0.308 e. The lowest BCUT2D eigenvalue weighted by atomic mass is 10.1. The van der Waals surface area contributed by atoms with Crippen LogP contribution in [0.15, 0.2) is 36.4 Å². The fraction of sp³-hybridized carbons (Fsp3) is 0.167. The molecule has 0 aliphatic rings. The van der Waals surface area contributed by atoms with E-state index < -0.39 is 0 Å². The molecule has 1 amide bonds. The summed E-state index contributed by atoms with van der Waals surface area (Å²) in [5.41, 5.74) is 4.78. The van der Waals surface area contributed by atoms with Gasteiger partial charge in [0.15, 0.2) is 10.2 Å². The van der Waals surface area contributed by atoms with Crippen LogP contribution in [0.1, 0.15) is 27.0 Å². The van der Waals surface area contributed by atoms with Gasteiger partial charge >= 0.3 is 0 Å². The second-order valence-corrected chi connectivity index (χ2v) is 7.03. The number of thiazole rings is 1. The monoisotopic (exact) mass is 355 g/mol. The summed E-state index contributed by atoms with van der Waals surface area (Å²) >= 11 is 6.78. The van der Waals surface area contributed by atoms with Gasteiger partial charge in [-0.25, -0.2) is 4.98 Å². The van der Waals surface area contributed by atoms with E-state index in [4.69, 9.17) is 12.2 Å². The maximum absolute atomic E-state index is 12.3. The molecule has 0 radical (unpaired) electrons. The zero-order chi connectivity index (χ0) is 17.3. The number of carbonyl (C=O) groups excluding carboxylic acids is 1. The van der Waals surface area contributed by atoms with Crippen LogP contribution in [0.5, 0.6) is 0 Å². The number of thiocarbonyl (C=S) groups is 1. The molecule has 4 nitrogen and oxygen atoms in total. The van der Waals surface area contributed by atoms with Crippen molar-refractivity contribution in [2.45, 2.75) is 20.8 Å². The predicted molar refractivity (Wildman–Crippen MR) is 104 cm³/mol. The maximum atomic E-state index is 12.3. The van der Waals surface area contributed by atoms with E-state index in [1.165, 1.54) is 16.9 Å². The molecule has 1 aromatic heterocycles. The fourth-order valence-electron chi connectivity index (χ4n) is 2.44. The van der Waals surface area contributed by atoms with Crippen molar-refractivity contribution in [1.82, 2.24) is 10.3 Å². The Morgan fingerprint density at radius 1 is 1.04 bits per heavy atom. The number of amides is 1. The molecule has 6 heteroatoms. The van der Waals surface area contributed by atoms with Gasteiger partial charge in [-0.15, -0.1) is 0 Å². The molecule has 0 saturated carbocycles. The number of fused-ring (bicyclic) bond motifs is 1. The van der Waals surface area contributed by atoms with Gasteiger partial charge in [-0.3, -0.25) is 10.1 Å². The zero-order valence-corrected chi connectivity index (χ0v) is 15.3. The van der Waals surface area contributed by atoms with Gasteiger partial charge < -0.3 is 5.32 Å². The molecule has 1 heterocycles. The fourth-order valence-corrected chi connectivity index (χ4v) is 3.71. The quantitative estimate of drug-likeness (QED) is 0.671. The lowest BCUT2D eigenvalue weighted by molar-refractivity contribution is 0.0977. The van der Waals surface area contributed by atoms with Crippen molar-refractivity contribution in [3.8, 4) is 0 Å². The summed E-state index contributed by atoms with van der Waals surface area (Å²) in [5, 5.41) is 6.65. The number of aryl methyl sites for hydroxylation is 3. The number of anilines is 1. The number of hydrogen-bond acceptors (Lipinski definition) is 4. The summed E-state index contributed by atoms with van der Waals surface area (Å²) < 4.78 is 1.13. The van der Waals surface area contributed by atoms with Crippen LogP contribution < -0.4 is 10.6 Å². The molecule has 0 bridgehead atoms. The Morgan fingerprint density at radius 2 is 1.75 bits per heavy atom. The lowest BCUT2D eigenvalue weighted by Crippen LogP contribution is -2.34. The summed E-state index contributed by atoms with van der Waals surface area (Å²) in [7, 11) is 0. The van der Waals surface area contributed by atoms with Gasteiger partial charge in [-0.1, -0.05) is 41.7 Å². The number of hydrogen-bond donors (Lipinski definition) is 2. The molecule has 3 rings (SSSR count). The highest BCUT2D eigenvalue weighted by atomic mass is 32.1. The molecule has 24 heavy (non-hydrogen) atoms. The third-order valence-electron chi connectivity index (χ3n) is 3.78. The van der Waals surface area contributed by atoms with Crippen LogP contribution in [0.25, 0.3) is 10.2 Å². The van der Waals surface area contributed by atoms with Crippen LogP contribution in [0.3, 0.4) is 0 Å². The van der Waals surface area contributed by atoms with Crippen LogP contribution in [0.2, 0.25) is 0 Å². The number of nitrogens with one attached hydrogen (secondary N) is 2. The first-order valence-corrected chi connectivity index (χ1v) is 8.73. The maximum Gasteiger partial charge on any atom is 0.257 e. The van der Waals surface area contributed by atoms with Gasteiger partial charge in [0.25, 0.3) is 5.91 Å². The lowest BCUT2D eigenvalue weighted by Gasteiger charge is -2.08. The molecule has 0 spiro atoms. The van der Waals surface area contributed by atoms with E-state index >= 15 is 0 Å². The van der Waals surface area contributed by atoms with Gasteiger partial charge in [0.1, 0.15) is 0 Å². The first-order chi connectivity index (χ1) is 11.5. The molecule has 2 aromatic carbocycles. The van der Waals surface area contributed by atoms with Gasteiger partial charge in [-0.05, 0) is 55.7 Å². The molecule has 2 N–H and O–H groups in total. The summed E-state index contributed by atoms with van der Waals surface area (Å²) in [6, 6.07) is 11.5. The van der Waals surface area contributed by atoms with Crippen molar-refractivity contribution < 1.29 is 4.79 Å². The van der Waals surface area contributed by atoms with E-state index in [0.717, 1.165) is 21.3 Å². The molecule has 122 valence electrons. The highest BCUT2D eigenvalue weighted by molar-refractivity contribution is 7.80. The number of rotatable bonds is 2. The van der Waals surface area contributed by atoms with Gasteiger partial charge in [0.05, 0.1) is 10.2 Å². The van der Waals surface area contributed by atoms with E-state index in [2.05, 4.69) is 34.7 Å².